The van der Waals surface area contributed by atoms with Gasteiger partial charge in [-0.15, -0.1) is 0 Å². The summed E-state index contributed by atoms with van der Waals surface area (Å²) in [6.07, 6.45) is 0.473. The van der Waals surface area contributed by atoms with Crippen LogP contribution in [0, 0.1) is 0 Å². The van der Waals surface area contributed by atoms with E-state index < -0.39 is 0 Å². The highest BCUT2D eigenvalue weighted by Crippen LogP contribution is 2.13. The normalized spacial score (nSPS) is 15.6. The van der Waals surface area contributed by atoms with E-state index in [0.29, 0.717) is 31.0 Å². The summed E-state index contributed by atoms with van der Waals surface area (Å²) in [5.41, 5.74) is 0.851. The van der Waals surface area contributed by atoms with Gasteiger partial charge in [0.25, 0.3) is 0 Å². The van der Waals surface area contributed by atoms with E-state index in [1.54, 1.807) is 17.0 Å². The monoisotopic (exact) mass is 267 g/mol. The first-order valence-electron chi connectivity index (χ1n) is 5.83. The number of hydrogen-bond donors (Lipinski definition) is 0. The van der Waals surface area contributed by atoms with Crippen molar-refractivity contribution in [3.63, 3.8) is 0 Å². The zero-order chi connectivity index (χ0) is 13.0. The summed E-state index contributed by atoms with van der Waals surface area (Å²) in [6, 6.07) is 7.18. The first-order valence-corrected chi connectivity index (χ1v) is 6.21. The van der Waals surface area contributed by atoms with Crippen LogP contribution in [-0.2, 0) is 16.1 Å². The minimum atomic E-state index is -0.373. The van der Waals surface area contributed by atoms with Crippen LogP contribution in [0.4, 0.5) is 4.79 Å². The third-order valence-electron chi connectivity index (χ3n) is 2.83. The molecule has 0 aromatic heterocycles. The Bertz CT molecular complexity index is 451. The molecule has 4 nitrogen and oxygen atoms in total. The van der Waals surface area contributed by atoms with Crippen molar-refractivity contribution < 1.29 is 14.3 Å². The summed E-state index contributed by atoms with van der Waals surface area (Å²) in [5.74, 6) is 0.203. The quantitative estimate of drug-likeness (QED) is 0.828. The molecule has 0 saturated carbocycles. The lowest BCUT2D eigenvalue weighted by Crippen LogP contribution is -2.38. The number of hydrogen-bond acceptors (Lipinski definition) is 3. The Morgan fingerprint density at radius 2 is 2.06 bits per heavy atom. The Kier molecular flexibility index (Phi) is 4.20. The van der Waals surface area contributed by atoms with E-state index in [-0.39, 0.29) is 18.5 Å². The van der Waals surface area contributed by atoms with Crippen LogP contribution in [0.3, 0.4) is 0 Å². The number of carbonyl (C=O) groups excluding carboxylic acids is 2. The molecule has 0 bridgehead atoms. The van der Waals surface area contributed by atoms with Crippen LogP contribution in [0.1, 0.15) is 18.4 Å². The molecule has 0 N–H and O–H groups in total. The van der Waals surface area contributed by atoms with E-state index in [9.17, 15) is 9.59 Å². The Morgan fingerprint density at radius 1 is 1.33 bits per heavy atom. The zero-order valence-corrected chi connectivity index (χ0v) is 10.7. The summed E-state index contributed by atoms with van der Waals surface area (Å²) in [5, 5.41) is 0.618. The molecular formula is C13H14ClNO3. The van der Waals surface area contributed by atoms with Gasteiger partial charge in [0.1, 0.15) is 12.4 Å². The molecule has 1 fully saturated rings. The van der Waals surface area contributed by atoms with Gasteiger partial charge in [0.2, 0.25) is 0 Å². The molecule has 0 unspecified atom stereocenters. The first kappa shape index (κ1) is 12.9. The highest BCUT2D eigenvalue weighted by Gasteiger charge is 2.21. The molecule has 1 saturated heterocycles. The molecule has 2 rings (SSSR count). The summed E-state index contributed by atoms with van der Waals surface area (Å²) in [4.78, 5) is 24.3. The number of halogens is 1. The molecule has 96 valence electrons. The van der Waals surface area contributed by atoms with Gasteiger partial charge in [0.15, 0.2) is 0 Å². The second kappa shape index (κ2) is 5.87. The van der Waals surface area contributed by atoms with Crippen LogP contribution in [0.5, 0.6) is 0 Å². The van der Waals surface area contributed by atoms with E-state index in [1.165, 1.54) is 0 Å². The fourth-order valence-corrected chi connectivity index (χ4v) is 2.01. The van der Waals surface area contributed by atoms with E-state index >= 15 is 0 Å². The maximum absolute atomic E-state index is 11.7. The molecule has 5 heteroatoms. The average molecular weight is 268 g/mol. The van der Waals surface area contributed by atoms with Crippen LogP contribution in [0.2, 0.25) is 5.02 Å². The molecule has 0 radical (unpaired) electrons. The van der Waals surface area contributed by atoms with Crippen LogP contribution in [0.25, 0.3) is 0 Å². The zero-order valence-electron chi connectivity index (χ0n) is 9.89. The van der Waals surface area contributed by atoms with E-state index in [2.05, 4.69) is 0 Å². The number of rotatable bonds is 2. The molecule has 1 aliphatic heterocycles. The Labute approximate surface area is 110 Å². The van der Waals surface area contributed by atoms with Gasteiger partial charge in [-0.2, -0.15) is 0 Å². The van der Waals surface area contributed by atoms with Crippen molar-refractivity contribution in [1.29, 1.82) is 0 Å². The topological polar surface area (TPSA) is 46.6 Å². The predicted octanol–water partition coefficient (Wildman–Crippen LogP) is 2.64. The number of ether oxygens (including phenoxy) is 1. The smallest absolute Gasteiger partial charge is 0.410 e. The summed E-state index contributed by atoms with van der Waals surface area (Å²) >= 11 is 5.84. The van der Waals surface area contributed by atoms with Crippen molar-refractivity contribution in [2.45, 2.75) is 19.4 Å². The maximum Gasteiger partial charge on any atom is 0.410 e. The van der Waals surface area contributed by atoms with Crippen molar-refractivity contribution >= 4 is 23.5 Å². The van der Waals surface area contributed by atoms with Crippen molar-refractivity contribution in [2.75, 3.05) is 13.1 Å². The van der Waals surface area contributed by atoms with Gasteiger partial charge in [0.05, 0.1) is 0 Å². The fraction of sp³-hybridized carbons (Fsp3) is 0.385. The van der Waals surface area contributed by atoms with Crippen molar-refractivity contribution in [3.05, 3.63) is 34.9 Å². The number of nitrogens with zero attached hydrogens (tertiary/aromatic N) is 1. The standard InChI is InChI=1S/C13H14ClNO3/c14-11-3-1-2-10(8-11)9-18-13(17)15-6-4-12(16)5-7-15/h1-3,8H,4-7,9H2. The average Bonchev–Trinajstić information content (AvgIpc) is 2.37. The third kappa shape index (κ3) is 3.47. The van der Waals surface area contributed by atoms with Gasteiger partial charge in [0, 0.05) is 31.0 Å². The molecule has 1 aromatic rings. The summed E-state index contributed by atoms with van der Waals surface area (Å²) < 4.78 is 5.17. The van der Waals surface area contributed by atoms with Crippen LogP contribution >= 0.6 is 11.6 Å². The lowest BCUT2D eigenvalue weighted by atomic mass is 10.1. The van der Waals surface area contributed by atoms with Gasteiger partial charge in [-0.05, 0) is 17.7 Å². The van der Waals surface area contributed by atoms with Gasteiger partial charge in [-0.1, -0.05) is 23.7 Å². The lowest BCUT2D eigenvalue weighted by molar-refractivity contribution is -0.121. The van der Waals surface area contributed by atoms with E-state index in [0.717, 1.165) is 5.56 Å². The van der Waals surface area contributed by atoms with Gasteiger partial charge < -0.3 is 9.64 Å². The molecule has 0 atom stereocenters. The molecule has 18 heavy (non-hydrogen) atoms. The number of amides is 1. The maximum atomic E-state index is 11.7. The highest BCUT2D eigenvalue weighted by molar-refractivity contribution is 6.30. The van der Waals surface area contributed by atoms with Gasteiger partial charge in [-0.3, -0.25) is 4.79 Å². The number of benzene rings is 1. The number of likely N-dealkylation sites (tertiary alicyclic amines) is 1. The Balaban J connectivity index is 1.83. The molecule has 0 spiro atoms. The SMILES string of the molecule is O=C1CCN(C(=O)OCc2cccc(Cl)c2)CC1. The lowest BCUT2D eigenvalue weighted by Gasteiger charge is -2.25. The number of ketones is 1. The Morgan fingerprint density at radius 3 is 2.72 bits per heavy atom. The minimum Gasteiger partial charge on any atom is -0.445 e. The van der Waals surface area contributed by atoms with Crippen LogP contribution in [-0.4, -0.2) is 29.9 Å². The molecule has 1 aliphatic rings. The third-order valence-corrected chi connectivity index (χ3v) is 3.07. The molecular weight excluding hydrogens is 254 g/mol. The Hall–Kier alpha value is -1.55. The predicted molar refractivity (Wildman–Crippen MR) is 67.5 cm³/mol. The largest absolute Gasteiger partial charge is 0.445 e. The van der Waals surface area contributed by atoms with E-state index in [1.807, 2.05) is 12.1 Å². The van der Waals surface area contributed by atoms with Crippen molar-refractivity contribution in [1.82, 2.24) is 4.90 Å². The second-order valence-corrected chi connectivity index (χ2v) is 4.65. The van der Waals surface area contributed by atoms with Gasteiger partial charge in [-0.25, -0.2) is 4.79 Å². The molecule has 1 aromatic carbocycles. The van der Waals surface area contributed by atoms with Crippen LogP contribution in [0.15, 0.2) is 24.3 Å². The minimum absolute atomic E-state index is 0.198. The fourth-order valence-electron chi connectivity index (χ4n) is 1.80. The van der Waals surface area contributed by atoms with E-state index in [4.69, 9.17) is 16.3 Å². The first-order chi connectivity index (χ1) is 8.65. The number of Topliss-reactive ketones (excluding diaryl/α,β-unsaturated/α-hetero) is 1. The molecule has 1 heterocycles. The van der Waals surface area contributed by atoms with Crippen molar-refractivity contribution in [2.24, 2.45) is 0 Å². The second-order valence-electron chi connectivity index (χ2n) is 4.21. The molecule has 1 amide bonds. The number of carbonyl (C=O) groups is 2. The highest BCUT2D eigenvalue weighted by atomic mass is 35.5. The summed E-state index contributed by atoms with van der Waals surface area (Å²) in [7, 11) is 0. The van der Waals surface area contributed by atoms with Crippen LogP contribution < -0.4 is 0 Å². The molecule has 0 aliphatic carbocycles. The number of piperidine rings is 1. The van der Waals surface area contributed by atoms with Gasteiger partial charge >= 0.3 is 6.09 Å². The van der Waals surface area contributed by atoms with Crippen molar-refractivity contribution in [3.8, 4) is 0 Å². The summed E-state index contributed by atoms with van der Waals surface area (Å²) in [6.45, 7) is 1.10.